The number of ether oxygens (including phenoxy) is 2. The van der Waals surface area contributed by atoms with E-state index in [1.165, 1.54) is 0 Å². The molecule has 2 saturated heterocycles. The maximum atomic E-state index is 12.8. The van der Waals surface area contributed by atoms with E-state index in [4.69, 9.17) is 14.5 Å². The second kappa shape index (κ2) is 10.4. The number of nitrogens with zero attached hydrogens (tertiary/aromatic N) is 4. The van der Waals surface area contributed by atoms with Crippen molar-refractivity contribution in [3.8, 4) is 5.75 Å². The molecule has 36 heavy (non-hydrogen) atoms. The Bertz CT molecular complexity index is 1220. The number of aromatic amines is 1. The molecule has 11 nitrogen and oxygen atoms in total. The number of methoxy groups -OCH3 is 1. The van der Waals surface area contributed by atoms with Crippen molar-refractivity contribution in [3.05, 3.63) is 30.1 Å². The SMILES string of the molecule is COc1cnc2cc(Nc3cc(C)[nH]n3)nc(NC3C[C@H]4CCC[C@@H](C3)N4C(=O)OC(C)SO)c2c1. The molecule has 12 heteroatoms. The minimum atomic E-state index is -0.597. The minimum absolute atomic E-state index is 0.0747. The van der Waals surface area contributed by atoms with Crippen LogP contribution in [0.3, 0.4) is 0 Å². The number of anilines is 3. The van der Waals surface area contributed by atoms with E-state index in [-0.39, 0.29) is 24.2 Å². The molecule has 192 valence electrons. The van der Waals surface area contributed by atoms with Crippen LogP contribution in [0.15, 0.2) is 24.4 Å². The smallest absolute Gasteiger partial charge is 0.411 e. The first-order valence-electron chi connectivity index (χ1n) is 12.1. The van der Waals surface area contributed by atoms with Gasteiger partial charge in [0.2, 0.25) is 0 Å². The van der Waals surface area contributed by atoms with Gasteiger partial charge < -0.3 is 29.6 Å². The number of nitrogens with one attached hydrogen (secondary N) is 3. The number of piperidine rings is 2. The summed E-state index contributed by atoms with van der Waals surface area (Å²) in [5.41, 5.74) is 1.13. The van der Waals surface area contributed by atoms with Crippen LogP contribution in [-0.4, -0.2) is 66.4 Å². The van der Waals surface area contributed by atoms with Gasteiger partial charge in [-0.2, -0.15) is 5.10 Å². The van der Waals surface area contributed by atoms with Crippen LogP contribution in [0.25, 0.3) is 10.9 Å². The molecule has 2 unspecified atom stereocenters. The van der Waals surface area contributed by atoms with Crippen LogP contribution in [0.5, 0.6) is 5.75 Å². The van der Waals surface area contributed by atoms with Crippen molar-refractivity contribution in [1.82, 2.24) is 25.1 Å². The van der Waals surface area contributed by atoms with Crippen LogP contribution in [0.4, 0.5) is 22.2 Å². The lowest BCUT2D eigenvalue weighted by Gasteiger charge is -2.48. The van der Waals surface area contributed by atoms with E-state index in [9.17, 15) is 9.35 Å². The zero-order chi connectivity index (χ0) is 25.2. The fourth-order valence-corrected chi connectivity index (χ4v) is 5.34. The summed E-state index contributed by atoms with van der Waals surface area (Å²) in [6, 6.07) is 6.00. The Morgan fingerprint density at radius 3 is 2.69 bits per heavy atom. The molecule has 0 aromatic carbocycles. The second-order valence-electron chi connectivity index (χ2n) is 9.37. The number of H-pyrrole nitrogens is 1. The number of hydrogen-bond acceptors (Lipinski definition) is 10. The highest BCUT2D eigenvalue weighted by molar-refractivity contribution is 7.94. The monoisotopic (exact) mass is 513 g/mol. The van der Waals surface area contributed by atoms with Gasteiger partial charge >= 0.3 is 6.09 Å². The Labute approximate surface area is 213 Å². The van der Waals surface area contributed by atoms with Crippen molar-refractivity contribution >= 4 is 46.5 Å². The van der Waals surface area contributed by atoms with Crippen LogP contribution in [0.2, 0.25) is 0 Å². The first kappa shape index (κ1) is 24.4. The van der Waals surface area contributed by atoms with Gasteiger partial charge in [0.05, 0.1) is 18.8 Å². The molecule has 0 spiro atoms. The average Bonchev–Trinajstić information content (AvgIpc) is 3.27. The standard InChI is InChI=1S/C24H31N7O4S/c1-13-7-22(30-29-13)27-21-11-20-19(10-18(34-3)12-25-20)23(28-21)26-15-8-16-5-4-6-17(9-15)31(16)24(32)35-14(2)36-33/h7,10-12,14-17,33H,4-6,8-9H2,1-3H3,(H3,26,27,28,29,30)/t14?,15?,16-,17+. The Balaban J connectivity index is 1.40. The van der Waals surface area contributed by atoms with E-state index >= 15 is 0 Å². The maximum Gasteiger partial charge on any atom is 0.411 e. The predicted octanol–water partition coefficient (Wildman–Crippen LogP) is 4.90. The summed E-state index contributed by atoms with van der Waals surface area (Å²) in [5.74, 6) is 2.67. The van der Waals surface area contributed by atoms with E-state index in [1.807, 2.05) is 30.0 Å². The summed E-state index contributed by atoms with van der Waals surface area (Å²) in [4.78, 5) is 24.1. The third-order valence-corrected chi connectivity index (χ3v) is 7.19. The normalized spacial score (nSPS) is 22.2. The molecule has 4 N–H and O–H groups in total. The third-order valence-electron chi connectivity index (χ3n) is 6.79. The largest absolute Gasteiger partial charge is 0.495 e. The quantitative estimate of drug-likeness (QED) is 0.255. The molecule has 5 heterocycles. The summed E-state index contributed by atoms with van der Waals surface area (Å²) in [5, 5.41) is 14.9. The van der Waals surface area contributed by atoms with E-state index < -0.39 is 5.44 Å². The molecule has 0 radical (unpaired) electrons. The number of amides is 1. The highest BCUT2D eigenvalue weighted by atomic mass is 32.2. The van der Waals surface area contributed by atoms with Gasteiger partial charge in [0.1, 0.15) is 17.4 Å². The van der Waals surface area contributed by atoms with Crippen LogP contribution in [-0.2, 0) is 4.74 Å². The van der Waals surface area contributed by atoms with Gasteiger partial charge in [-0.1, -0.05) is 0 Å². The lowest BCUT2D eigenvalue weighted by atomic mass is 9.82. The fourth-order valence-electron chi connectivity index (χ4n) is 5.22. The Hall–Kier alpha value is -3.25. The lowest BCUT2D eigenvalue weighted by Crippen LogP contribution is -2.57. The summed E-state index contributed by atoms with van der Waals surface area (Å²) < 4.78 is 20.0. The van der Waals surface area contributed by atoms with Gasteiger partial charge in [-0.25, -0.2) is 9.78 Å². The highest BCUT2D eigenvalue weighted by Gasteiger charge is 2.42. The van der Waals surface area contributed by atoms with Crippen molar-refractivity contribution in [1.29, 1.82) is 0 Å². The topological polar surface area (TPSA) is 138 Å². The summed E-state index contributed by atoms with van der Waals surface area (Å²) in [6.45, 7) is 3.60. The third kappa shape index (κ3) is 5.14. The van der Waals surface area contributed by atoms with Crippen LogP contribution in [0.1, 0.15) is 44.7 Å². The highest BCUT2D eigenvalue weighted by Crippen LogP contribution is 2.37. The van der Waals surface area contributed by atoms with Crippen LogP contribution < -0.4 is 15.4 Å². The summed E-state index contributed by atoms with van der Waals surface area (Å²) in [7, 11) is 1.62. The fraction of sp³-hybridized carbons (Fsp3) is 0.500. The minimum Gasteiger partial charge on any atom is -0.495 e. The van der Waals surface area contributed by atoms with Crippen molar-refractivity contribution in [2.45, 2.75) is 69.5 Å². The van der Waals surface area contributed by atoms with Gasteiger partial charge in [0, 0.05) is 53.4 Å². The Kier molecular flexibility index (Phi) is 7.06. The number of rotatable bonds is 7. The average molecular weight is 514 g/mol. The molecule has 4 atom stereocenters. The van der Waals surface area contributed by atoms with Gasteiger partial charge in [-0.3, -0.25) is 10.1 Å². The van der Waals surface area contributed by atoms with Crippen LogP contribution in [0, 0.1) is 6.92 Å². The molecular formula is C24H31N7O4S. The van der Waals surface area contributed by atoms with E-state index in [2.05, 4.69) is 25.8 Å². The molecule has 1 amide bonds. The number of pyridine rings is 2. The predicted molar refractivity (Wildman–Crippen MR) is 139 cm³/mol. The van der Waals surface area contributed by atoms with Gasteiger partial charge in [0.15, 0.2) is 11.3 Å². The van der Waals surface area contributed by atoms with Gasteiger partial charge in [-0.05, 0) is 52.0 Å². The number of carbonyl (C=O) groups is 1. The van der Waals surface area contributed by atoms with Crippen molar-refractivity contribution in [2.75, 3.05) is 17.7 Å². The number of aromatic nitrogens is 4. The second-order valence-corrected chi connectivity index (χ2v) is 10.2. The summed E-state index contributed by atoms with van der Waals surface area (Å²) >= 11 is 0.536. The zero-order valence-electron chi connectivity index (χ0n) is 20.5. The first-order valence-corrected chi connectivity index (χ1v) is 13.0. The molecule has 2 fully saturated rings. The molecule has 2 aliphatic heterocycles. The van der Waals surface area contributed by atoms with E-state index in [0.29, 0.717) is 35.2 Å². The summed E-state index contributed by atoms with van der Waals surface area (Å²) in [6.07, 6.45) is 5.83. The van der Waals surface area contributed by atoms with Gasteiger partial charge in [-0.15, -0.1) is 0 Å². The molecule has 2 aliphatic rings. The zero-order valence-corrected chi connectivity index (χ0v) is 21.3. The number of carbonyl (C=O) groups excluding carboxylic acids is 1. The molecule has 5 rings (SSSR count). The number of hydrogen-bond donors (Lipinski definition) is 4. The van der Waals surface area contributed by atoms with Crippen molar-refractivity contribution in [2.24, 2.45) is 0 Å². The molecule has 3 aromatic heterocycles. The van der Waals surface area contributed by atoms with Crippen LogP contribution >= 0.6 is 12.0 Å². The van der Waals surface area contributed by atoms with Gasteiger partial charge in [0.25, 0.3) is 0 Å². The lowest BCUT2D eigenvalue weighted by molar-refractivity contribution is 0.0170. The molecule has 0 aliphatic carbocycles. The molecule has 2 bridgehead atoms. The van der Waals surface area contributed by atoms with Crippen molar-refractivity contribution < 1.29 is 18.8 Å². The maximum absolute atomic E-state index is 12.8. The number of fused-ring (bicyclic) bond motifs is 3. The Morgan fingerprint density at radius 2 is 2.03 bits per heavy atom. The van der Waals surface area contributed by atoms with E-state index in [0.717, 1.165) is 48.7 Å². The Morgan fingerprint density at radius 1 is 1.25 bits per heavy atom. The number of aryl methyl sites for hydroxylation is 1. The first-order chi connectivity index (χ1) is 17.4. The van der Waals surface area contributed by atoms with Crippen molar-refractivity contribution in [3.63, 3.8) is 0 Å². The molecule has 0 saturated carbocycles. The van der Waals surface area contributed by atoms with E-state index in [1.54, 1.807) is 20.2 Å². The molecule has 3 aromatic rings. The molecular weight excluding hydrogens is 482 g/mol.